The van der Waals surface area contributed by atoms with Crippen LogP contribution in [0.4, 0.5) is 0 Å². The molecule has 1 aliphatic rings. The van der Waals surface area contributed by atoms with Crippen LogP contribution in [0.3, 0.4) is 0 Å². The molecule has 5 nitrogen and oxygen atoms in total. The number of carboxylic acids is 1. The number of aryl methyl sites for hydroxylation is 1. The third-order valence-corrected chi connectivity index (χ3v) is 4.19. The number of rotatable bonds is 4. The van der Waals surface area contributed by atoms with Crippen molar-refractivity contribution in [1.29, 1.82) is 0 Å². The summed E-state index contributed by atoms with van der Waals surface area (Å²) in [6.07, 6.45) is 1.11. The molecule has 0 bridgehead atoms. The molecule has 2 atom stereocenters. The van der Waals surface area contributed by atoms with Crippen LogP contribution in [0.25, 0.3) is 0 Å². The first kappa shape index (κ1) is 14.9. The number of hydrogen-bond donors (Lipinski definition) is 3. The number of benzene rings is 1. The molecule has 0 amide bonds. The van der Waals surface area contributed by atoms with Gasteiger partial charge in [-0.1, -0.05) is 18.5 Å². The van der Waals surface area contributed by atoms with E-state index in [-0.39, 0.29) is 11.8 Å². The van der Waals surface area contributed by atoms with Crippen LogP contribution in [0, 0.1) is 5.92 Å². The summed E-state index contributed by atoms with van der Waals surface area (Å²) < 4.78 is 5.16. The summed E-state index contributed by atoms with van der Waals surface area (Å²) in [5.41, 5.74) is 1.41. The summed E-state index contributed by atoms with van der Waals surface area (Å²) in [6.45, 7) is 2.33. The van der Waals surface area contributed by atoms with E-state index in [9.17, 15) is 9.90 Å². The fraction of sp³-hybridized carbons (Fsp3) is 0.500. The van der Waals surface area contributed by atoms with Gasteiger partial charge in [0.15, 0.2) is 11.5 Å². The number of halogens is 1. The maximum Gasteiger partial charge on any atom is 0.307 e. The predicted octanol–water partition coefficient (Wildman–Crippen LogP) is 2.35. The van der Waals surface area contributed by atoms with E-state index in [4.69, 9.17) is 21.4 Å². The van der Waals surface area contributed by atoms with Crippen LogP contribution in [0.2, 0.25) is 5.02 Å². The number of carboxylic acid groups (broad SMARTS) is 1. The monoisotopic (exact) mass is 299 g/mol. The highest BCUT2D eigenvalue weighted by Crippen LogP contribution is 2.44. The van der Waals surface area contributed by atoms with Crippen LogP contribution in [0.1, 0.15) is 30.5 Å². The molecule has 0 aromatic heterocycles. The topological polar surface area (TPSA) is 78.8 Å². The molecule has 2 unspecified atom stereocenters. The number of ether oxygens (including phenoxy) is 1. The summed E-state index contributed by atoms with van der Waals surface area (Å²) in [7, 11) is 1.48. The van der Waals surface area contributed by atoms with Crippen LogP contribution in [0.15, 0.2) is 6.07 Å². The summed E-state index contributed by atoms with van der Waals surface area (Å²) in [6, 6.07) is 1.44. The molecule has 1 aromatic carbocycles. The highest BCUT2D eigenvalue weighted by atomic mass is 35.5. The minimum Gasteiger partial charge on any atom is -0.504 e. The van der Waals surface area contributed by atoms with Gasteiger partial charge in [0.2, 0.25) is 0 Å². The highest BCUT2D eigenvalue weighted by Gasteiger charge is 2.34. The van der Waals surface area contributed by atoms with Crippen LogP contribution in [-0.4, -0.2) is 29.8 Å². The second kappa shape index (κ2) is 5.89. The van der Waals surface area contributed by atoms with Crippen molar-refractivity contribution in [2.75, 3.05) is 13.7 Å². The highest BCUT2D eigenvalue weighted by molar-refractivity contribution is 6.32. The molecule has 3 N–H and O–H groups in total. The van der Waals surface area contributed by atoms with Gasteiger partial charge in [-0.3, -0.25) is 4.79 Å². The normalized spacial score (nSPS) is 21.9. The number of carbonyl (C=O) groups is 1. The summed E-state index contributed by atoms with van der Waals surface area (Å²) >= 11 is 6.35. The van der Waals surface area contributed by atoms with Crippen molar-refractivity contribution in [2.24, 2.45) is 5.92 Å². The quantitative estimate of drug-likeness (QED) is 0.795. The van der Waals surface area contributed by atoms with E-state index in [1.54, 1.807) is 6.07 Å². The number of nitrogens with one attached hydrogen (secondary N) is 1. The zero-order valence-corrected chi connectivity index (χ0v) is 12.2. The van der Waals surface area contributed by atoms with Gasteiger partial charge >= 0.3 is 5.97 Å². The van der Waals surface area contributed by atoms with Crippen molar-refractivity contribution in [3.05, 3.63) is 22.2 Å². The predicted molar refractivity (Wildman–Crippen MR) is 75.5 cm³/mol. The summed E-state index contributed by atoms with van der Waals surface area (Å²) in [4.78, 5) is 11.0. The van der Waals surface area contributed by atoms with Crippen molar-refractivity contribution in [3.8, 4) is 11.5 Å². The van der Waals surface area contributed by atoms with Crippen LogP contribution < -0.4 is 10.1 Å². The Morgan fingerprint density at radius 1 is 1.60 bits per heavy atom. The number of phenolic OH excluding ortho intramolecular Hbond substituents is 1. The van der Waals surface area contributed by atoms with Gasteiger partial charge in [-0.2, -0.15) is 0 Å². The van der Waals surface area contributed by atoms with E-state index >= 15 is 0 Å². The van der Waals surface area contributed by atoms with Gasteiger partial charge in [0, 0.05) is 18.2 Å². The van der Waals surface area contributed by atoms with E-state index in [1.807, 2.05) is 6.92 Å². The van der Waals surface area contributed by atoms with E-state index in [1.165, 1.54) is 7.11 Å². The first-order valence-electron chi connectivity index (χ1n) is 6.54. The zero-order chi connectivity index (χ0) is 14.9. The maximum atomic E-state index is 11.0. The van der Waals surface area contributed by atoms with Gasteiger partial charge in [0.25, 0.3) is 0 Å². The molecular formula is C14H18ClNO4. The Balaban J connectivity index is 2.43. The molecule has 0 aliphatic carbocycles. The molecule has 0 radical (unpaired) electrons. The van der Waals surface area contributed by atoms with E-state index in [0.29, 0.717) is 35.7 Å². The summed E-state index contributed by atoms with van der Waals surface area (Å²) in [5, 5.41) is 22.9. The van der Waals surface area contributed by atoms with Gasteiger partial charge in [-0.15, -0.1) is 0 Å². The van der Waals surface area contributed by atoms with Gasteiger partial charge < -0.3 is 20.3 Å². The lowest BCUT2D eigenvalue weighted by atomic mass is 9.96. The number of hydrogen-bond acceptors (Lipinski definition) is 4. The second-order valence-corrected chi connectivity index (χ2v) is 5.28. The van der Waals surface area contributed by atoms with Crippen molar-refractivity contribution in [2.45, 2.75) is 25.8 Å². The van der Waals surface area contributed by atoms with Gasteiger partial charge in [0.05, 0.1) is 18.1 Å². The minimum atomic E-state index is -0.839. The molecule has 20 heavy (non-hydrogen) atoms. The third-order valence-electron chi connectivity index (χ3n) is 3.74. The lowest BCUT2D eigenvalue weighted by Gasteiger charge is -2.19. The Labute approximate surface area is 122 Å². The fourth-order valence-electron chi connectivity index (χ4n) is 2.57. The largest absolute Gasteiger partial charge is 0.504 e. The number of aliphatic carboxylic acids is 1. The Morgan fingerprint density at radius 2 is 2.30 bits per heavy atom. The molecule has 1 fully saturated rings. The molecule has 1 saturated heterocycles. The Hall–Kier alpha value is -1.46. The summed E-state index contributed by atoms with van der Waals surface area (Å²) in [5.74, 6) is -0.957. The number of aromatic hydroxyl groups is 1. The van der Waals surface area contributed by atoms with E-state index < -0.39 is 11.9 Å². The standard InChI is InChI=1S/C14H18ClNO4/c1-3-7-5-10(20-2)13(17)11(12(7)15)9-4-8(6-16-9)14(18)19/h5,8-9,16-17H,3-4,6H2,1-2H3,(H,18,19). The Bertz CT molecular complexity index is 504. The third kappa shape index (κ3) is 2.55. The Morgan fingerprint density at radius 3 is 2.80 bits per heavy atom. The smallest absolute Gasteiger partial charge is 0.307 e. The second-order valence-electron chi connectivity index (χ2n) is 4.90. The number of methoxy groups -OCH3 is 1. The van der Waals surface area contributed by atoms with Crippen LogP contribution in [0.5, 0.6) is 11.5 Å². The van der Waals surface area contributed by atoms with E-state index in [0.717, 1.165) is 5.56 Å². The first-order chi connectivity index (χ1) is 9.49. The lowest BCUT2D eigenvalue weighted by molar-refractivity contribution is -0.141. The molecule has 0 spiro atoms. The van der Waals surface area contributed by atoms with Crippen LogP contribution in [-0.2, 0) is 11.2 Å². The molecule has 6 heteroatoms. The van der Waals surface area contributed by atoms with Gasteiger partial charge in [0.1, 0.15) is 0 Å². The first-order valence-corrected chi connectivity index (χ1v) is 6.91. The molecule has 1 heterocycles. The lowest BCUT2D eigenvalue weighted by Crippen LogP contribution is -2.17. The minimum absolute atomic E-state index is 0.0155. The molecule has 1 aromatic rings. The molecule has 2 rings (SSSR count). The average molecular weight is 300 g/mol. The maximum absolute atomic E-state index is 11.0. The van der Waals surface area contributed by atoms with Gasteiger partial charge in [-0.05, 0) is 24.5 Å². The molecular weight excluding hydrogens is 282 g/mol. The molecule has 1 aliphatic heterocycles. The van der Waals surface area contributed by atoms with Crippen LogP contribution >= 0.6 is 11.6 Å². The van der Waals surface area contributed by atoms with Crippen molar-refractivity contribution < 1.29 is 19.7 Å². The Kier molecular flexibility index (Phi) is 4.40. The molecule has 110 valence electrons. The van der Waals surface area contributed by atoms with Crippen molar-refractivity contribution >= 4 is 17.6 Å². The van der Waals surface area contributed by atoms with E-state index in [2.05, 4.69) is 5.32 Å². The zero-order valence-electron chi connectivity index (χ0n) is 11.4. The fourth-order valence-corrected chi connectivity index (χ4v) is 2.98. The average Bonchev–Trinajstić information content (AvgIpc) is 2.89. The van der Waals surface area contributed by atoms with Gasteiger partial charge in [-0.25, -0.2) is 0 Å². The SMILES string of the molecule is CCc1cc(OC)c(O)c(C2CC(C(=O)O)CN2)c1Cl. The van der Waals surface area contributed by atoms with Crippen molar-refractivity contribution in [1.82, 2.24) is 5.32 Å². The van der Waals surface area contributed by atoms with Crippen molar-refractivity contribution in [3.63, 3.8) is 0 Å². The molecule has 0 saturated carbocycles. The number of phenols is 1.